The molecule has 1 aromatic heterocycles. The number of amides is 2. The van der Waals surface area contributed by atoms with Gasteiger partial charge in [0.1, 0.15) is 17.9 Å². The number of nitrogens with zero attached hydrogens (tertiary/aromatic N) is 4. The topological polar surface area (TPSA) is 265 Å². The number of cyclic esters (lactones) is 1. The quantitative estimate of drug-likeness (QED) is 0.0468. The maximum atomic E-state index is 13.4. The summed E-state index contributed by atoms with van der Waals surface area (Å²) in [4.78, 5) is 47.8. The first-order chi connectivity index (χ1) is 18.4. The largest absolute Gasteiger partial charge is 0.478 e. The molecule has 3 aliphatic heterocycles. The SMILES string of the molecule is NCNC[C@@H]1CN(C[C@@H]2[C@H](NC(=O)/C(=N\OC3(C(=O)O)CC3)c3csc(N)n3)C3OC3N2S(=O)(=O)O)C(=O)O1. The summed E-state index contributed by atoms with van der Waals surface area (Å²) in [5, 5.41) is 20.2. The molecule has 18 nitrogen and oxygen atoms in total. The van der Waals surface area contributed by atoms with Crippen molar-refractivity contribution >= 4 is 50.5 Å². The van der Waals surface area contributed by atoms with E-state index in [1.54, 1.807) is 0 Å². The predicted molar refractivity (Wildman–Crippen MR) is 130 cm³/mol. The molecule has 5 atom stereocenters. The maximum absolute atomic E-state index is 13.4. The van der Waals surface area contributed by atoms with Crippen LogP contribution in [0.15, 0.2) is 10.5 Å². The number of nitrogen functional groups attached to an aromatic ring is 1. The van der Waals surface area contributed by atoms with Crippen molar-refractivity contribution in [3.05, 3.63) is 11.1 Å². The Hall–Kier alpha value is -3.14. The first-order valence-corrected chi connectivity index (χ1v) is 14.0. The Labute approximate surface area is 225 Å². The van der Waals surface area contributed by atoms with Crippen LogP contribution in [-0.2, 0) is 34.2 Å². The summed E-state index contributed by atoms with van der Waals surface area (Å²) in [6.07, 6.45) is -2.78. The molecular weight excluding hydrogens is 564 g/mol. The first-order valence-electron chi connectivity index (χ1n) is 11.7. The minimum absolute atomic E-state index is 0.00371. The summed E-state index contributed by atoms with van der Waals surface area (Å²) in [5.41, 5.74) is 9.15. The molecule has 1 saturated carbocycles. The third-order valence-corrected chi connectivity index (χ3v) is 8.36. The number of epoxide rings is 1. The second-order valence-corrected chi connectivity index (χ2v) is 11.5. The summed E-state index contributed by atoms with van der Waals surface area (Å²) in [6, 6.07) is -2.19. The van der Waals surface area contributed by atoms with Gasteiger partial charge in [-0.25, -0.2) is 14.6 Å². The fourth-order valence-corrected chi connectivity index (χ4v) is 6.05. The van der Waals surface area contributed by atoms with Gasteiger partial charge in [-0.15, -0.1) is 15.6 Å². The minimum atomic E-state index is -4.81. The molecule has 20 heteroatoms. The third kappa shape index (κ3) is 5.48. The zero-order valence-corrected chi connectivity index (χ0v) is 21.8. The molecule has 0 radical (unpaired) electrons. The number of ether oxygens (including phenoxy) is 2. The van der Waals surface area contributed by atoms with Gasteiger partial charge in [-0.2, -0.15) is 8.42 Å². The Bertz CT molecular complexity index is 1300. The number of carbonyl (C=O) groups is 3. The highest BCUT2D eigenvalue weighted by Gasteiger charge is 2.66. The lowest BCUT2D eigenvalue weighted by atomic mass is 10.1. The average Bonchev–Trinajstić information content (AvgIpc) is 3.71. The maximum Gasteiger partial charge on any atom is 0.410 e. The van der Waals surface area contributed by atoms with E-state index < -0.39 is 70.1 Å². The lowest BCUT2D eigenvalue weighted by molar-refractivity contribution is -0.153. The number of nitrogens with two attached hydrogens (primary N) is 2. The van der Waals surface area contributed by atoms with Crippen LogP contribution in [0, 0.1) is 0 Å². The number of fused-ring (bicyclic) bond motifs is 1. The van der Waals surface area contributed by atoms with Crippen molar-refractivity contribution in [1.29, 1.82) is 0 Å². The number of carboxylic acid groups (broad SMARTS) is 1. The number of aromatic nitrogens is 1. The van der Waals surface area contributed by atoms with E-state index in [2.05, 4.69) is 20.8 Å². The van der Waals surface area contributed by atoms with Crippen LogP contribution in [0.4, 0.5) is 9.93 Å². The zero-order valence-electron chi connectivity index (χ0n) is 20.1. The van der Waals surface area contributed by atoms with Gasteiger partial charge in [0.25, 0.3) is 5.91 Å². The Kier molecular flexibility index (Phi) is 7.11. The molecule has 0 spiro atoms. The molecule has 1 aliphatic carbocycles. The summed E-state index contributed by atoms with van der Waals surface area (Å²) < 4.78 is 45.7. The number of nitrogens with one attached hydrogen (secondary N) is 2. The molecule has 1 aromatic rings. The highest BCUT2D eigenvalue weighted by molar-refractivity contribution is 7.83. The van der Waals surface area contributed by atoms with Crippen molar-refractivity contribution in [2.45, 2.75) is 49.0 Å². The van der Waals surface area contributed by atoms with Gasteiger partial charge >= 0.3 is 22.4 Å². The number of thiazole rings is 1. The van der Waals surface area contributed by atoms with E-state index in [-0.39, 0.29) is 50.0 Å². The van der Waals surface area contributed by atoms with Crippen molar-refractivity contribution in [3.8, 4) is 0 Å². The van der Waals surface area contributed by atoms with E-state index >= 15 is 0 Å². The van der Waals surface area contributed by atoms with Gasteiger partial charge in [0.05, 0.1) is 18.6 Å². The number of aliphatic carboxylic acids is 1. The van der Waals surface area contributed by atoms with Crippen molar-refractivity contribution < 1.29 is 46.8 Å². The van der Waals surface area contributed by atoms with Gasteiger partial charge in [0.15, 0.2) is 17.1 Å². The molecule has 4 aliphatic rings. The molecule has 8 N–H and O–H groups in total. The van der Waals surface area contributed by atoms with Crippen molar-refractivity contribution in [2.75, 3.05) is 32.0 Å². The van der Waals surface area contributed by atoms with Crippen molar-refractivity contribution in [2.24, 2.45) is 10.9 Å². The van der Waals surface area contributed by atoms with Crippen LogP contribution in [0.25, 0.3) is 0 Å². The van der Waals surface area contributed by atoms with Crippen LogP contribution in [0.5, 0.6) is 0 Å². The first kappa shape index (κ1) is 27.4. The average molecular weight is 591 g/mol. The van der Waals surface area contributed by atoms with Crippen molar-refractivity contribution in [1.82, 2.24) is 24.8 Å². The second-order valence-electron chi connectivity index (χ2n) is 9.34. The standard InChI is InChI=1S/C19H26N8O10S2/c20-7-22-3-8-4-26(18(31)35-8)5-10-12(13-15(36-13)27(10)39(32,33)34)24-14(28)11(9-6-38-17(21)23-9)25-37-19(1-2-19)16(29)30/h6,8,10,12-13,15,22H,1-5,7,20H2,(H2,21,23)(H,24,28)(H,29,30)(H,32,33,34)/b25-11-/t8-,10-,12+,13?,15?/m1/s1. The van der Waals surface area contributed by atoms with Gasteiger partial charge in [0.2, 0.25) is 5.60 Å². The summed E-state index contributed by atoms with van der Waals surface area (Å²) in [6.45, 7) is 0.296. The number of hydrogen-bond donors (Lipinski definition) is 6. The number of carboxylic acids is 1. The Morgan fingerprint density at radius 3 is 2.72 bits per heavy atom. The second kappa shape index (κ2) is 10.1. The number of rotatable bonds is 12. The molecule has 5 rings (SSSR count). The van der Waals surface area contributed by atoms with Crippen LogP contribution >= 0.6 is 11.3 Å². The number of anilines is 1. The lowest BCUT2D eigenvalue weighted by Gasteiger charge is -2.31. The smallest absolute Gasteiger partial charge is 0.410 e. The zero-order chi connectivity index (χ0) is 28.1. The van der Waals surface area contributed by atoms with Crippen molar-refractivity contribution in [3.63, 3.8) is 0 Å². The van der Waals surface area contributed by atoms with Gasteiger partial charge in [-0.05, 0) is 0 Å². The third-order valence-electron chi connectivity index (χ3n) is 6.67. The number of oxime groups is 1. The van der Waals surface area contributed by atoms with Gasteiger partial charge in [-0.1, -0.05) is 5.16 Å². The predicted octanol–water partition coefficient (Wildman–Crippen LogP) is -2.91. The fourth-order valence-electron chi connectivity index (χ4n) is 4.53. The van der Waals surface area contributed by atoms with E-state index in [0.29, 0.717) is 4.31 Å². The van der Waals surface area contributed by atoms with Gasteiger partial charge < -0.3 is 46.4 Å². The van der Waals surface area contributed by atoms with E-state index in [4.69, 9.17) is 25.8 Å². The molecular formula is C19H26N8O10S2. The summed E-state index contributed by atoms with van der Waals surface area (Å²) in [7, 11) is -4.81. The molecule has 0 bridgehead atoms. The van der Waals surface area contributed by atoms with E-state index in [9.17, 15) is 32.5 Å². The van der Waals surface area contributed by atoms with Crippen LogP contribution in [-0.4, -0.2) is 118 Å². The van der Waals surface area contributed by atoms with E-state index in [1.807, 2.05) is 0 Å². The lowest BCUT2D eigenvalue weighted by Crippen LogP contribution is -2.56. The summed E-state index contributed by atoms with van der Waals surface area (Å²) >= 11 is 1.01. The molecule has 2 unspecified atom stereocenters. The number of hydrogen-bond acceptors (Lipinski definition) is 14. The monoisotopic (exact) mass is 590 g/mol. The number of carbonyl (C=O) groups excluding carboxylic acids is 2. The van der Waals surface area contributed by atoms with E-state index in [0.717, 1.165) is 11.3 Å². The fraction of sp³-hybridized carbons (Fsp3) is 0.632. The molecule has 0 aromatic carbocycles. The normalized spacial score (nSPS) is 29.6. The summed E-state index contributed by atoms with van der Waals surface area (Å²) in [5.74, 6) is -2.13. The molecule has 3 saturated heterocycles. The van der Waals surface area contributed by atoms with Crippen LogP contribution in [0.3, 0.4) is 0 Å². The van der Waals surface area contributed by atoms with Crippen LogP contribution in [0.2, 0.25) is 0 Å². The molecule has 4 heterocycles. The van der Waals surface area contributed by atoms with E-state index in [1.165, 1.54) is 10.3 Å². The Morgan fingerprint density at radius 1 is 1.38 bits per heavy atom. The Balaban J connectivity index is 1.37. The highest BCUT2D eigenvalue weighted by Crippen LogP contribution is 2.43. The Morgan fingerprint density at radius 2 is 2.13 bits per heavy atom. The molecule has 39 heavy (non-hydrogen) atoms. The highest BCUT2D eigenvalue weighted by atomic mass is 32.2. The molecule has 214 valence electrons. The van der Waals surface area contributed by atoms with Gasteiger partial charge in [0, 0.05) is 38.0 Å². The molecule has 2 amide bonds. The van der Waals surface area contributed by atoms with Crippen LogP contribution < -0.4 is 22.1 Å². The van der Waals surface area contributed by atoms with Crippen LogP contribution in [0.1, 0.15) is 18.5 Å². The van der Waals surface area contributed by atoms with Gasteiger partial charge in [-0.3, -0.25) is 9.35 Å². The minimum Gasteiger partial charge on any atom is -0.478 e. The molecule has 4 fully saturated rings.